The Hall–Kier alpha value is 0.557. The Labute approximate surface area is 68.2 Å². The second-order valence-electron chi connectivity index (χ2n) is 1.40. The summed E-state index contributed by atoms with van der Waals surface area (Å²) in [5.74, 6) is -0.422. The number of rotatable bonds is 2. The lowest BCUT2D eigenvalue weighted by Crippen LogP contribution is -2.21. The fourth-order valence-corrected chi connectivity index (χ4v) is 1.04. The number of carbonyl (C=O) groups is 1. The topological polar surface area (TPSA) is 26.3 Å². The summed E-state index contributed by atoms with van der Waals surface area (Å²) in [7, 11) is 0. The number of esters is 1. The van der Waals surface area contributed by atoms with Gasteiger partial charge in [0.25, 0.3) is 0 Å². The van der Waals surface area contributed by atoms with Gasteiger partial charge in [0.15, 0.2) is 0 Å². The molecule has 0 atom stereocenters. The second kappa shape index (κ2) is 3.66. The number of hydrogen-bond donors (Lipinski definition) is 0. The fourth-order valence-electron chi connectivity index (χ4n) is 0.183. The van der Waals surface area contributed by atoms with Gasteiger partial charge in [-0.05, 0) is 0 Å². The first-order valence-electron chi connectivity index (χ1n) is 2.12. The normalized spacial score (nSPS) is 11.1. The average Bonchev–Trinajstić information content (AvgIpc) is 1.59. The molecule has 0 aliphatic rings. The van der Waals surface area contributed by atoms with Gasteiger partial charge in [0.2, 0.25) is 0 Å². The van der Waals surface area contributed by atoms with E-state index in [9.17, 15) is 4.79 Å². The molecule has 0 N–H and O–H groups in total. The highest BCUT2D eigenvalue weighted by Crippen LogP contribution is 2.19. The molecule has 0 saturated heterocycles. The highest BCUT2D eigenvalue weighted by molar-refractivity contribution is 7.64. The SMILES string of the molecule is CC(=O)OC[Si](Cl)(Cl)Cl. The van der Waals surface area contributed by atoms with Crippen LogP contribution in [0.3, 0.4) is 0 Å². The van der Waals surface area contributed by atoms with Crippen molar-refractivity contribution in [2.45, 2.75) is 6.92 Å². The lowest BCUT2D eigenvalue weighted by atomic mass is 10.8. The Balaban J connectivity index is 3.39. The van der Waals surface area contributed by atoms with Crippen molar-refractivity contribution < 1.29 is 9.53 Å². The molecule has 9 heavy (non-hydrogen) atoms. The maximum atomic E-state index is 10.1. The summed E-state index contributed by atoms with van der Waals surface area (Å²) in [5.41, 5.74) is 0. The summed E-state index contributed by atoms with van der Waals surface area (Å²) in [6.45, 7) is 1.27. The van der Waals surface area contributed by atoms with Crippen LogP contribution in [0.1, 0.15) is 6.92 Å². The Morgan fingerprint density at radius 2 is 2.00 bits per heavy atom. The van der Waals surface area contributed by atoms with Crippen LogP contribution in [0.4, 0.5) is 0 Å². The first-order chi connectivity index (χ1) is 3.92. The zero-order valence-corrected chi connectivity index (χ0v) is 7.93. The second-order valence-corrected chi connectivity index (χ2v) is 10.5. The van der Waals surface area contributed by atoms with Crippen LogP contribution >= 0.6 is 33.2 Å². The van der Waals surface area contributed by atoms with Crippen LogP contribution in [0.2, 0.25) is 0 Å². The molecule has 0 unspecified atom stereocenters. The van der Waals surface area contributed by atoms with E-state index in [-0.39, 0.29) is 6.23 Å². The fraction of sp³-hybridized carbons (Fsp3) is 0.667. The smallest absolute Gasteiger partial charge is 0.378 e. The third-order valence-corrected chi connectivity index (χ3v) is 1.89. The van der Waals surface area contributed by atoms with Gasteiger partial charge in [-0.25, -0.2) is 0 Å². The van der Waals surface area contributed by atoms with Gasteiger partial charge in [0.1, 0.15) is 6.23 Å². The quantitative estimate of drug-likeness (QED) is 0.392. The average molecular weight is 208 g/mol. The molecule has 6 heteroatoms. The van der Waals surface area contributed by atoms with Crippen molar-refractivity contribution in [3.05, 3.63) is 0 Å². The van der Waals surface area contributed by atoms with Crippen LogP contribution in [-0.2, 0) is 9.53 Å². The van der Waals surface area contributed by atoms with Gasteiger partial charge in [0, 0.05) is 6.92 Å². The summed E-state index contributed by atoms with van der Waals surface area (Å²) in [4.78, 5) is 10.1. The van der Waals surface area contributed by atoms with Gasteiger partial charge in [-0.3, -0.25) is 4.79 Å². The highest BCUT2D eigenvalue weighted by atomic mass is 35.8. The number of carbonyl (C=O) groups excluding carboxylic acids is 1. The lowest BCUT2D eigenvalue weighted by Gasteiger charge is -2.05. The van der Waals surface area contributed by atoms with Crippen molar-refractivity contribution in [3.8, 4) is 0 Å². The molecule has 0 spiro atoms. The molecule has 0 radical (unpaired) electrons. The standard InChI is InChI=1S/C3H5Cl3O2Si/c1-3(7)8-2-9(4,5)6/h2H2,1H3. The highest BCUT2D eigenvalue weighted by Gasteiger charge is 2.26. The zero-order valence-electron chi connectivity index (χ0n) is 4.66. The van der Waals surface area contributed by atoms with E-state index < -0.39 is 12.0 Å². The maximum absolute atomic E-state index is 10.1. The van der Waals surface area contributed by atoms with Crippen LogP contribution in [0.5, 0.6) is 0 Å². The summed E-state index contributed by atoms with van der Waals surface area (Å²) >= 11 is 16.1. The summed E-state index contributed by atoms with van der Waals surface area (Å²) in [6.07, 6.45) is -0.0625. The largest absolute Gasteiger partial charge is 0.465 e. The molecule has 0 aliphatic carbocycles. The van der Waals surface area contributed by atoms with E-state index in [1.54, 1.807) is 0 Å². The number of hydrogen-bond acceptors (Lipinski definition) is 2. The first kappa shape index (κ1) is 9.56. The lowest BCUT2D eigenvalue weighted by molar-refractivity contribution is -0.139. The van der Waals surface area contributed by atoms with Crippen molar-refractivity contribution in [1.82, 2.24) is 0 Å². The minimum Gasteiger partial charge on any atom is -0.465 e. The van der Waals surface area contributed by atoms with Gasteiger partial charge in [0.05, 0.1) is 0 Å². The van der Waals surface area contributed by atoms with Crippen LogP contribution in [0.25, 0.3) is 0 Å². The molecule has 0 rings (SSSR count). The van der Waals surface area contributed by atoms with Crippen molar-refractivity contribution >= 4 is 45.2 Å². The molecule has 0 aromatic rings. The summed E-state index contributed by atoms with van der Waals surface area (Å²) < 4.78 is 4.43. The minimum absolute atomic E-state index is 0.0625. The van der Waals surface area contributed by atoms with Crippen molar-refractivity contribution in [3.63, 3.8) is 0 Å². The molecule has 0 bridgehead atoms. The van der Waals surface area contributed by atoms with Gasteiger partial charge in [-0.2, -0.15) is 0 Å². The molecule has 0 saturated carbocycles. The molecule has 0 amide bonds. The predicted octanol–water partition coefficient (Wildman–Crippen LogP) is 1.74. The third-order valence-electron chi connectivity index (χ3n) is 0.439. The van der Waals surface area contributed by atoms with Crippen LogP contribution in [0.15, 0.2) is 0 Å². The Morgan fingerprint density at radius 1 is 1.56 bits per heavy atom. The van der Waals surface area contributed by atoms with E-state index in [1.807, 2.05) is 0 Å². The maximum Gasteiger partial charge on any atom is 0.378 e. The molecule has 0 fully saturated rings. The Morgan fingerprint density at radius 3 is 2.11 bits per heavy atom. The van der Waals surface area contributed by atoms with E-state index in [0.717, 1.165) is 0 Å². The van der Waals surface area contributed by atoms with E-state index in [4.69, 9.17) is 33.2 Å². The molecule has 0 aromatic carbocycles. The molecule has 0 heterocycles. The predicted molar refractivity (Wildman–Crippen MR) is 39.9 cm³/mol. The van der Waals surface area contributed by atoms with Crippen LogP contribution < -0.4 is 0 Å². The van der Waals surface area contributed by atoms with Crippen molar-refractivity contribution in [1.29, 1.82) is 0 Å². The Bertz CT molecular complexity index is 110. The summed E-state index contributed by atoms with van der Waals surface area (Å²) in [5, 5.41) is 0. The van der Waals surface area contributed by atoms with Gasteiger partial charge in [-0.15, -0.1) is 33.2 Å². The van der Waals surface area contributed by atoms with Gasteiger partial charge in [-0.1, -0.05) is 0 Å². The van der Waals surface area contributed by atoms with Crippen molar-refractivity contribution in [2.75, 3.05) is 6.23 Å². The third kappa shape index (κ3) is 8.56. The number of ether oxygens (including phenoxy) is 1. The van der Waals surface area contributed by atoms with E-state index in [0.29, 0.717) is 0 Å². The molecule has 0 aromatic heterocycles. The molecular weight excluding hydrogens is 202 g/mol. The van der Waals surface area contributed by atoms with Crippen LogP contribution in [0, 0.1) is 0 Å². The van der Waals surface area contributed by atoms with E-state index in [1.165, 1.54) is 6.92 Å². The van der Waals surface area contributed by atoms with Crippen LogP contribution in [-0.4, -0.2) is 18.2 Å². The first-order valence-corrected chi connectivity index (χ1v) is 7.36. The summed E-state index contributed by atoms with van der Waals surface area (Å²) in [6, 6.07) is -2.75. The Kier molecular flexibility index (Phi) is 3.89. The zero-order chi connectivity index (χ0) is 7.49. The van der Waals surface area contributed by atoms with Gasteiger partial charge < -0.3 is 4.74 Å². The van der Waals surface area contributed by atoms with Crippen molar-refractivity contribution in [2.24, 2.45) is 0 Å². The van der Waals surface area contributed by atoms with Gasteiger partial charge >= 0.3 is 12.0 Å². The molecule has 54 valence electrons. The molecule has 2 nitrogen and oxygen atoms in total. The monoisotopic (exact) mass is 206 g/mol. The van der Waals surface area contributed by atoms with E-state index >= 15 is 0 Å². The molecule has 0 aliphatic heterocycles. The number of halogens is 3. The minimum atomic E-state index is -2.75. The molecular formula is C3H5Cl3O2Si. The van der Waals surface area contributed by atoms with E-state index in [2.05, 4.69) is 4.74 Å².